The molecule has 2 N–H and O–H groups in total. The molecule has 1 saturated carbocycles. The number of ketones is 1. The third-order valence-corrected chi connectivity index (χ3v) is 6.98. The van der Waals surface area contributed by atoms with Crippen molar-refractivity contribution in [2.24, 2.45) is 0 Å². The Balaban J connectivity index is 1.34. The largest absolute Gasteiger partial charge is 0.489 e. The number of halogens is 1. The predicted octanol–water partition coefficient (Wildman–Crippen LogP) is 4.53. The van der Waals surface area contributed by atoms with Crippen LogP contribution in [0, 0.1) is 0 Å². The number of nitrogens with zero attached hydrogens (tertiary/aromatic N) is 1. The molecule has 2 fully saturated rings. The van der Waals surface area contributed by atoms with Gasteiger partial charge in [-0.2, -0.15) is 0 Å². The van der Waals surface area contributed by atoms with Gasteiger partial charge in [-0.15, -0.1) is 0 Å². The zero-order valence-electron chi connectivity index (χ0n) is 19.5. The second-order valence-electron chi connectivity index (χ2n) is 9.43. The minimum absolute atomic E-state index is 0.214. The molecule has 35 heavy (non-hydrogen) atoms. The summed E-state index contributed by atoms with van der Waals surface area (Å²) in [5.74, 6) is -0.763. The predicted molar refractivity (Wildman–Crippen MR) is 136 cm³/mol. The summed E-state index contributed by atoms with van der Waals surface area (Å²) in [6.45, 7) is 2.23. The third-order valence-electron chi connectivity index (χ3n) is 6.68. The van der Waals surface area contributed by atoms with Crippen LogP contribution in [-0.4, -0.2) is 53.5 Å². The lowest BCUT2D eigenvalue weighted by Crippen LogP contribution is -2.48. The lowest BCUT2D eigenvalue weighted by atomic mass is 10.00. The molecular weight excluding hydrogens is 464 g/mol. The standard InChI is InChI=1S/C28H29ClN2O4/c29-23-16-21(9-12-25(23)35-22-10-11-22)26(32)24(17-31-13-3-4-14-31)30-28(34)27(33)20-8-7-18-5-1-2-6-19(18)15-20/h1-2,5-9,12,15-16,22,24,26,32H,3-4,10-11,13-14,17H2,(H,30,34). The number of hydrogen-bond donors (Lipinski definition) is 2. The fourth-order valence-corrected chi connectivity index (χ4v) is 4.79. The van der Waals surface area contributed by atoms with Gasteiger partial charge in [-0.05, 0) is 73.3 Å². The average Bonchev–Trinajstić information content (AvgIpc) is 3.55. The van der Waals surface area contributed by atoms with Crippen LogP contribution in [0.4, 0.5) is 0 Å². The fourth-order valence-electron chi connectivity index (χ4n) is 4.56. The van der Waals surface area contributed by atoms with Crippen LogP contribution in [0.1, 0.15) is 47.7 Å². The SMILES string of the molecule is O=C(NC(CN1CCCC1)C(O)c1ccc(OC2CC2)c(Cl)c1)C(=O)c1ccc2ccccc2c1. The summed E-state index contributed by atoms with van der Waals surface area (Å²) in [6, 6.07) is 17.4. The smallest absolute Gasteiger partial charge is 0.292 e. The molecule has 3 aromatic rings. The van der Waals surface area contributed by atoms with E-state index in [0.29, 0.717) is 28.4 Å². The number of carbonyl (C=O) groups is 2. The Morgan fingerprint density at radius 1 is 1.03 bits per heavy atom. The Morgan fingerprint density at radius 2 is 1.77 bits per heavy atom. The normalized spacial score (nSPS) is 17.8. The Bertz CT molecular complexity index is 1240. The van der Waals surface area contributed by atoms with Crippen LogP contribution in [-0.2, 0) is 4.79 Å². The first kappa shape index (κ1) is 23.8. The molecule has 182 valence electrons. The van der Waals surface area contributed by atoms with E-state index in [0.717, 1.165) is 49.5 Å². The van der Waals surface area contributed by atoms with Crippen molar-refractivity contribution >= 4 is 34.1 Å². The number of benzene rings is 3. The Labute approximate surface area is 209 Å². The molecule has 0 aromatic heterocycles. The number of aliphatic hydroxyl groups is 1. The molecule has 5 rings (SSSR count). The summed E-state index contributed by atoms with van der Waals surface area (Å²) < 4.78 is 5.80. The van der Waals surface area contributed by atoms with Crippen molar-refractivity contribution < 1.29 is 19.4 Å². The Morgan fingerprint density at radius 3 is 2.49 bits per heavy atom. The topological polar surface area (TPSA) is 78.9 Å². The highest BCUT2D eigenvalue weighted by Crippen LogP contribution is 2.34. The van der Waals surface area contributed by atoms with E-state index < -0.39 is 23.8 Å². The molecule has 6 nitrogen and oxygen atoms in total. The molecule has 7 heteroatoms. The van der Waals surface area contributed by atoms with Crippen molar-refractivity contribution in [1.82, 2.24) is 10.2 Å². The highest BCUT2D eigenvalue weighted by Gasteiger charge is 2.30. The third kappa shape index (κ3) is 5.67. The van der Waals surface area contributed by atoms with Crippen LogP contribution in [0.3, 0.4) is 0 Å². The minimum atomic E-state index is -1.03. The first-order valence-corrected chi connectivity index (χ1v) is 12.6. The van der Waals surface area contributed by atoms with Crippen LogP contribution in [0.15, 0.2) is 60.7 Å². The molecule has 1 amide bonds. The second-order valence-corrected chi connectivity index (χ2v) is 9.84. The number of rotatable bonds is 9. The molecule has 1 heterocycles. The summed E-state index contributed by atoms with van der Waals surface area (Å²) in [4.78, 5) is 28.2. The van der Waals surface area contributed by atoms with E-state index in [-0.39, 0.29) is 6.10 Å². The van der Waals surface area contributed by atoms with E-state index in [1.54, 1.807) is 30.3 Å². The van der Waals surface area contributed by atoms with E-state index in [1.165, 1.54) is 0 Å². The fraction of sp³-hybridized carbons (Fsp3) is 0.357. The number of likely N-dealkylation sites (tertiary alicyclic amines) is 1. The van der Waals surface area contributed by atoms with Crippen LogP contribution in [0.25, 0.3) is 10.8 Å². The van der Waals surface area contributed by atoms with Gasteiger partial charge < -0.3 is 20.1 Å². The summed E-state index contributed by atoms with van der Waals surface area (Å²) >= 11 is 6.42. The molecule has 2 atom stereocenters. The highest BCUT2D eigenvalue weighted by molar-refractivity contribution is 6.43. The van der Waals surface area contributed by atoms with E-state index >= 15 is 0 Å². The van der Waals surface area contributed by atoms with Gasteiger partial charge in [-0.25, -0.2) is 0 Å². The molecule has 0 radical (unpaired) electrons. The van der Waals surface area contributed by atoms with E-state index in [9.17, 15) is 14.7 Å². The van der Waals surface area contributed by atoms with Crippen molar-refractivity contribution in [2.45, 2.75) is 43.9 Å². The van der Waals surface area contributed by atoms with Crippen LogP contribution >= 0.6 is 11.6 Å². The van der Waals surface area contributed by atoms with Gasteiger partial charge in [-0.3, -0.25) is 9.59 Å². The van der Waals surface area contributed by atoms with Gasteiger partial charge in [0.15, 0.2) is 0 Å². The molecule has 1 aliphatic carbocycles. The number of carbonyl (C=O) groups excluding carboxylic acids is 2. The second kappa shape index (κ2) is 10.4. The quantitative estimate of drug-likeness (QED) is 0.339. The van der Waals surface area contributed by atoms with Gasteiger partial charge in [0.25, 0.3) is 5.91 Å². The molecule has 2 aliphatic rings. The van der Waals surface area contributed by atoms with E-state index in [1.807, 2.05) is 30.3 Å². The number of hydrogen-bond acceptors (Lipinski definition) is 5. The lowest BCUT2D eigenvalue weighted by Gasteiger charge is -2.28. The van der Waals surface area contributed by atoms with Gasteiger partial charge in [0, 0.05) is 12.1 Å². The molecule has 1 saturated heterocycles. The number of nitrogens with one attached hydrogen (secondary N) is 1. The first-order chi connectivity index (χ1) is 17.0. The van der Waals surface area contributed by atoms with Gasteiger partial charge in [0.1, 0.15) is 11.9 Å². The maximum absolute atomic E-state index is 13.0. The van der Waals surface area contributed by atoms with Crippen molar-refractivity contribution in [3.63, 3.8) is 0 Å². The highest BCUT2D eigenvalue weighted by atomic mass is 35.5. The molecule has 0 spiro atoms. The van der Waals surface area contributed by atoms with Crippen LogP contribution < -0.4 is 10.1 Å². The summed E-state index contributed by atoms with van der Waals surface area (Å²) in [5.41, 5.74) is 0.890. The van der Waals surface area contributed by atoms with Crippen molar-refractivity contribution in [3.05, 3.63) is 76.8 Å². The molecule has 3 aromatic carbocycles. The van der Waals surface area contributed by atoms with Gasteiger partial charge in [0.05, 0.1) is 17.2 Å². The van der Waals surface area contributed by atoms with Crippen molar-refractivity contribution in [1.29, 1.82) is 0 Å². The zero-order valence-corrected chi connectivity index (χ0v) is 20.2. The number of ether oxygens (including phenoxy) is 1. The van der Waals surface area contributed by atoms with E-state index in [4.69, 9.17) is 16.3 Å². The number of Topliss-reactive ketones (excluding diaryl/α,β-unsaturated/α-hetero) is 1. The Kier molecular flexibility index (Phi) is 7.04. The molecule has 2 unspecified atom stereocenters. The van der Waals surface area contributed by atoms with Crippen LogP contribution in [0.5, 0.6) is 5.75 Å². The maximum Gasteiger partial charge on any atom is 0.292 e. The first-order valence-electron chi connectivity index (χ1n) is 12.2. The van der Waals surface area contributed by atoms with Gasteiger partial charge in [-0.1, -0.05) is 54.1 Å². The minimum Gasteiger partial charge on any atom is -0.489 e. The van der Waals surface area contributed by atoms with Gasteiger partial charge in [0.2, 0.25) is 5.78 Å². The number of aliphatic hydroxyl groups excluding tert-OH is 1. The number of amides is 1. The molecular formula is C28H29ClN2O4. The monoisotopic (exact) mass is 492 g/mol. The van der Waals surface area contributed by atoms with Gasteiger partial charge >= 0.3 is 0 Å². The summed E-state index contributed by atoms with van der Waals surface area (Å²) in [5, 5.41) is 16.4. The molecule has 1 aliphatic heterocycles. The van der Waals surface area contributed by atoms with Crippen molar-refractivity contribution in [3.8, 4) is 5.75 Å². The average molecular weight is 493 g/mol. The van der Waals surface area contributed by atoms with Crippen LogP contribution in [0.2, 0.25) is 5.02 Å². The summed E-state index contributed by atoms with van der Waals surface area (Å²) in [7, 11) is 0. The lowest BCUT2D eigenvalue weighted by molar-refractivity contribution is -0.118. The molecule has 0 bridgehead atoms. The van der Waals surface area contributed by atoms with Crippen molar-refractivity contribution in [2.75, 3.05) is 19.6 Å². The zero-order chi connectivity index (χ0) is 24.4. The summed E-state index contributed by atoms with van der Waals surface area (Å²) in [6.07, 6.45) is 3.38. The van der Waals surface area contributed by atoms with E-state index in [2.05, 4.69) is 10.2 Å². The maximum atomic E-state index is 13.0. The Hall–Kier alpha value is -2.93. The number of fused-ring (bicyclic) bond motifs is 1.